The maximum absolute atomic E-state index is 13.1. The first-order valence-corrected chi connectivity index (χ1v) is 9.94. The van der Waals surface area contributed by atoms with Crippen molar-refractivity contribution < 1.29 is 27.4 Å². The van der Waals surface area contributed by atoms with E-state index in [9.17, 15) is 18.3 Å². The van der Waals surface area contributed by atoms with E-state index in [1.165, 1.54) is 12.1 Å². The fourth-order valence-electron chi connectivity index (χ4n) is 2.00. The molecule has 0 spiro atoms. The summed E-state index contributed by atoms with van der Waals surface area (Å²) >= 11 is 0. The van der Waals surface area contributed by atoms with Crippen LogP contribution in [0.1, 0.15) is 31.9 Å². The van der Waals surface area contributed by atoms with Gasteiger partial charge in [0.15, 0.2) is 0 Å². The zero-order valence-electron chi connectivity index (χ0n) is 13.3. The summed E-state index contributed by atoms with van der Waals surface area (Å²) in [5.74, 6) is -2.92. The Morgan fingerprint density at radius 3 is 2.32 bits per heavy atom. The summed E-state index contributed by atoms with van der Waals surface area (Å²) in [5.41, 5.74) is 0.0404. The topological polar surface area (TPSA) is 38.7 Å². The van der Waals surface area contributed by atoms with E-state index in [0.29, 0.717) is 11.3 Å². The number of halogens is 3. The molecule has 1 aliphatic rings. The van der Waals surface area contributed by atoms with Gasteiger partial charge in [0.1, 0.15) is 5.75 Å². The minimum atomic E-state index is -4.89. The molecule has 1 aromatic rings. The summed E-state index contributed by atoms with van der Waals surface area (Å²) in [6.07, 6.45) is -4.89. The molecule has 124 valence electrons. The number of ether oxygens (including phenoxy) is 1. The number of hydrogen-bond acceptors (Lipinski definition) is 3. The molecule has 0 radical (unpaired) electrons. The van der Waals surface area contributed by atoms with Gasteiger partial charge >= 0.3 is 6.18 Å². The number of aliphatic hydroxyl groups is 1. The van der Waals surface area contributed by atoms with Gasteiger partial charge in [0, 0.05) is 5.56 Å². The first kappa shape index (κ1) is 17.3. The molecule has 0 aliphatic carbocycles. The second kappa shape index (κ2) is 4.97. The Morgan fingerprint density at radius 1 is 1.23 bits per heavy atom. The molecule has 1 aliphatic heterocycles. The summed E-state index contributed by atoms with van der Waals surface area (Å²) in [6, 6.07) is 4.39. The monoisotopic (exact) mass is 334 g/mol. The third-order valence-corrected chi connectivity index (χ3v) is 8.80. The van der Waals surface area contributed by atoms with Crippen LogP contribution in [0.4, 0.5) is 13.2 Å². The number of fused-ring (bicyclic) bond motifs is 1. The minimum absolute atomic E-state index is 0.0805. The van der Waals surface area contributed by atoms with Crippen molar-refractivity contribution in [1.82, 2.24) is 0 Å². The SMILES string of the molecule is CC(C)(C)[Si](C)(C)Oc1ccc2c(c1)C(O)(C(F)(F)F)OC2. The third kappa shape index (κ3) is 2.77. The van der Waals surface area contributed by atoms with Gasteiger partial charge in [0.2, 0.25) is 8.32 Å². The Labute approximate surface area is 129 Å². The van der Waals surface area contributed by atoms with Crippen molar-refractivity contribution in [3.05, 3.63) is 29.3 Å². The molecule has 0 fully saturated rings. The predicted octanol–water partition coefficient (Wildman–Crippen LogP) is 4.31. The van der Waals surface area contributed by atoms with Gasteiger partial charge in [-0.15, -0.1) is 0 Å². The Balaban J connectivity index is 2.39. The molecule has 0 saturated carbocycles. The smallest absolute Gasteiger partial charge is 0.448 e. The van der Waals surface area contributed by atoms with E-state index in [2.05, 4.69) is 4.74 Å². The summed E-state index contributed by atoms with van der Waals surface area (Å²) in [6.45, 7) is 9.87. The third-order valence-electron chi connectivity index (χ3n) is 4.45. The van der Waals surface area contributed by atoms with Crippen molar-refractivity contribution in [2.75, 3.05) is 0 Å². The standard InChI is InChI=1S/C15H21F3O3Si/c1-13(2,3)22(4,5)21-11-7-6-10-9-20-14(19,12(10)8-11)15(16,17)18/h6-8,19H,9H2,1-5H3. The Hall–Kier alpha value is -1.05. The quantitative estimate of drug-likeness (QED) is 0.819. The van der Waals surface area contributed by atoms with Crippen LogP contribution in [0.3, 0.4) is 0 Å². The van der Waals surface area contributed by atoms with Gasteiger partial charge in [0.25, 0.3) is 5.79 Å². The molecular weight excluding hydrogens is 313 g/mol. The molecule has 0 saturated heterocycles. The van der Waals surface area contributed by atoms with E-state index >= 15 is 0 Å². The summed E-state index contributed by atoms with van der Waals surface area (Å²) in [7, 11) is -2.17. The molecule has 1 N–H and O–H groups in total. The minimum Gasteiger partial charge on any atom is -0.543 e. The number of hydrogen-bond donors (Lipinski definition) is 1. The molecule has 2 rings (SSSR count). The first-order valence-electron chi connectivity index (χ1n) is 7.03. The lowest BCUT2D eigenvalue weighted by Gasteiger charge is -2.36. The van der Waals surface area contributed by atoms with Gasteiger partial charge in [-0.05, 0) is 35.8 Å². The van der Waals surface area contributed by atoms with Crippen molar-refractivity contribution >= 4 is 8.32 Å². The lowest BCUT2D eigenvalue weighted by molar-refractivity contribution is -0.370. The van der Waals surface area contributed by atoms with E-state index in [-0.39, 0.29) is 17.2 Å². The van der Waals surface area contributed by atoms with Crippen molar-refractivity contribution in [2.24, 2.45) is 0 Å². The molecule has 1 aromatic carbocycles. The highest BCUT2D eigenvalue weighted by Gasteiger charge is 2.60. The van der Waals surface area contributed by atoms with Crippen LogP contribution in [0.15, 0.2) is 18.2 Å². The molecular formula is C15H21F3O3Si. The van der Waals surface area contributed by atoms with Crippen LogP contribution in [0, 0.1) is 0 Å². The highest BCUT2D eigenvalue weighted by Crippen LogP contribution is 2.47. The second-order valence-corrected chi connectivity index (χ2v) is 11.8. The number of alkyl halides is 3. The molecule has 1 atom stereocenters. The fourth-order valence-corrected chi connectivity index (χ4v) is 3.02. The Morgan fingerprint density at radius 2 is 1.82 bits per heavy atom. The lowest BCUT2D eigenvalue weighted by Crippen LogP contribution is -2.44. The zero-order chi connectivity index (χ0) is 17.0. The molecule has 1 unspecified atom stereocenters. The van der Waals surface area contributed by atoms with E-state index in [1.54, 1.807) is 6.07 Å². The van der Waals surface area contributed by atoms with Crippen molar-refractivity contribution in [3.63, 3.8) is 0 Å². The summed E-state index contributed by atoms with van der Waals surface area (Å²) in [4.78, 5) is 0. The molecule has 0 amide bonds. The van der Waals surface area contributed by atoms with E-state index < -0.39 is 20.3 Å². The van der Waals surface area contributed by atoms with Crippen LogP contribution in [-0.4, -0.2) is 19.6 Å². The molecule has 22 heavy (non-hydrogen) atoms. The molecule has 7 heteroatoms. The van der Waals surface area contributed by atoms with Crippen molar-refractivity contribution in [2.45, 2.75) is 57.5 Å². The van der Waals surface area contributed by atoms with Gasteiger partial charge in [-0.1, -0.05) is 26.8 Å². The molecule has 0 bridgehead atoms. The first-order chi connectivity index (χ1) is 9.78. The van der Waals surface area contributed by atoms with Gasteiger partial charge in [-0.25, -0.2) is 0 Å². The molecule has 0 aromatic heterocycles. The normalized spacial score (nSPS) is 22.6. The van der Waals surface area contributed by atoms with Gasteiger partial charge in [-0.3, -0.25) is 0 Å². The molecule has 1 heterocycles. The lowest BCUT2D eigenvalue weighted by atomic mass is 10.0. The van der Waals surface area contributed by atoms with Gasteiger partial charge in [-0.2, -0.15) is 13.2 Å². The average molecular weight is 334 g/mol. The van der Waals surface area contributed by atoms with Crippen LogP contribution in [-0.2, 0) is 17.1 Å². The number of rotatable bonds is 2. The largest absolute Gasteiger partial charge is 0.543 e. The number of benzene rings is 1. The van der Waals surface area contributed by atoms with Crippen LogP contribution < -0.4 is 4.43 Å². The van der Waals surface area contributed by atoms with Gasteiger partial charge in [0.05, 0.1) is 6.61 Å². The van der Waals surface area contributed by atoms with E-state index in [0.717, 1.165) is 0 Å². The highest BCUT2D eigenvalue weighted by molar-refractivity contribution is 6.74. The van der Waals surface area contributed by atoms with Crippen molar-refractivity contribution in [1.29, 1.82) is 0 Å². The van der Waals surface area contributed by atoms with Crippen LogP contribution in [0.2, 0.25) is 18.1 Å². The maximum atomic E-state index is 13.1. The van der Waals surface area contributed by atoms with Crippen LogP contribution in [0.25, 0.3) is 0 Å². The van der Waals surface area contributed by atoms with Gasteiger partial charge < -0.3 is 14.3 Å². The Bertz CT molecular complexity index is 578. The van der Waals surface area contributed by atoms with Crippen LogP contribution >= 0.6 is 0 Å². The zero-order valence-corrected chi connectivity index (χ0v) is 14.3. The maximum Gasteiger partial charge on any atom is 0.448 e. The Kier molecular flexibility index (Phi) is 3.91. The second-order valence-electron chi connectivity index (χ2n) is 7.11. The van der Waals surface area contributed by atoms with E-state index in [4.69, 9.17) is 4.43 Å². The molecule has 3 nitrogen and oxygen atoms in total. The van der Waals surface area contributed by atoms with E-state index in [1.807, 2.05) is 33.9 Å². The summed E-state index contributed by atoms with van der Waals surface area (Å²) < 4.78 is 49.8. The predicted molar refractivity (Wildman–Crippen MR) is 79.0 cm³/mol. The average Bonchev–Trinajstić information content (AvgIpc) is 2.66. The van der Waals surface area contributed by atoms with Crippen LogP contribution in [0.5, 0.6) is 5.75 Å². The highest BCUT2D eigenvalue weighted by atomic mass is 28.4. The fraction of sp³-hybridized carbons (Fsp3) is 0.600. The summed E-state index contributed by atoms with van der Waals surface area (Å²) in [5, 5.41) is 9.79. The van der Waals surface area contributed by atoms with Crippen molar-refractivity contribution in [3.8, 4) is 5.75 Å².